The minimum absolute atomic E-state index is 0.170. The number of aliphatic hydroxyl groups is 5. The highest BCUT2D eigenvalue weighted by atomic mass is 31.2. The van der Waals surface area contributed by atoms with Crippen molar-refractivity contribution in [3.8, 4) is 0 Å². The van der Waals surface area contributed by atoms with Crippen LogP contribution in [0.25, 0.3) is 0 Å². The molecule has 1 fully saturated rings. The van der Waals surface area contributed by atoms with Crippen LogP contribution < -0.4 is 0 Å². The highest BCUT2D eigenvalue weighted by Crippen LogP contribution is 2.47. The largest absolute Gasteiger partial charge is 0.472 e. The molecule has 0 aromatic heterocycles. The highest BCUT2D eigenvalue weighted by Gasteiger charge is 2.51. The molecule has 1 aliphatic rings. The number of ether oxygens (including phenoxy) is 2. The molecule has 0 aliphatic heterocycles. The van der Waals surface area contributed by atoms with Crippen LogP contribution in [0.15, 0.2) is 0 Å². The van der Waals surface area contributed by atoms with Gasteiger partial charge in [0.1, 0.15) is 43.2 Å². The van der Waals surface area contributed by atoms with Gasteiger partial charge in [-0.05, 0) is 6.42 Å². The molecule has 8 atom stereocenters. The fourth-order valence-corrected chi connectivity index (χ4v) is 9.62. The summed E-state index contributed by atoms with van der Waals surface area (Å²) < 4.78 is 32.3. The SMILES string of the molecule is CCCCCCCCCCCCCCCCCCCCCCCCCCCCCCCCCCCCCCC(=O)OC[C@H](COP(=O)(O)OC1C(O)C(O)C(O)[C@@H](O)C1O)OC(C)=O. The molecule has 6 N–H and O–H groups in total. The number of rotatable bonds is 45. The first-order valence-corrected chi connectivity index (χ1v) is 27.8. The maximum atomic E-state index is 12.5. The molecular weight excluding hydrogens is 840 g/mol. The minimum Gasteiger partial charge on any atom is -0.462 e. The number of hydrogen-bond acceptors (Lipinski definition) is 12. The van der Waals surface area contributed by atoms with Gasteiger partial charge in [0, 0.05) is 13.3 Å². The van der Waals surface area contributed by atoms with E-state index in [4.69, 9.17) is 18.5 Å². The van der Waals surface area contributed by atoms with Crippen molar-refractivity contribution in [2.45, 2.75) is 294 Å². The monoisotopic (exact) mass is 937 g/mol. The second kappa shape index (κ2) is 40.9. The molecule has 0 radical (unpaired) electrons. The first-order chi connectivity index (χ1) is 30.9. The molecule has 0 bridgehead atoms. The van der Waals surface area contributed by atoms with Gasteiger partial charge >= 0.3 is 19.8 Å². The van der Waals surface area contributed by atoms with E-state index in [0.29, 0.717) is 6.42 Å². The number of aliphatic hydroxyl groups excluding tert-OH is 5. The lowest BCUT2D eigenvalue weighted by Gasteiger charge is -2.41. The maximum Gasteiger partial charge on any atom is 0.472 e. The zero-order valence-electron chi connectivity index (χ0n) is 40.6. The van der Waals surface area contributed by atoms with E-state index in [1.807, 2.05) is 0 Å². The van der Waals surface area contributed by atoms with Crippen molar-refractivity contribution in [2.24, 2.45) is 0 Å². The van der Waals surface area contributed by atoms with Crippen molar-refractivity contribution in [3.05, 3.63) is 0 Å². The molecule has 380 valence electrons. The van der Waals surface area contributed by atoms with E-state index < -0.39 is 75.7 Å². The highest BCUT2D eigenvalue weighted by molar-refractivity contribution is 7.47. The third-order valence-corrected chi connectivity index (χ3v) is 13.7. The van der Waals surface area contributed by atoms with Gasteiger partial charge in [0.15, 0.2) is 6.10 Å². The molecule has 14 heteroatoms. The number of hydrogen-bond donors (Lipinski definition) is 6. The molecule has 6 unspecified atom stereocenters. The number of phosphoric ester groups is 1. The number of phosphoric acid groups is 1. The van der Waals surface area contributed by atoms with Gasteiger partial charge in [0.25, 0.3) is 0 Å². The summed E-state index contributed by atoms with van der Waals surface area (Å²) in [6.07, 6.45) is 35.5. The first kappa shape index (κ1) is 60.9. The molecule has 0 saturated heterocycles. The number of carbonyl (C=O) groups excluding carboxylic acids is 2. The normalized spacial score (nSPS) is 21.4. The van der Waals surface area contributed by atoms with E-state index in [-0.39, 0.29) is 6.42 Å². The van der Waals surface area contributed by atoms with E-state index in [1.54, 1.807) is 0 Å². The van der Waals surface area contributed by atoms with Crippen molar-refractivity contribution < 1.29 is 63.1 Å². The molecule has 0 spiro atoms. The van der Waals surface area contributed by atoms with Crippen LogP contribution in [-0.2, 0) is 32.7 Å². The van der Waals surface area contributed by atoms with Crippen molar-refractivity contribution >= 4 is 19.8 Å². The van der Waals surface area contributed by atoms with Crippen LogP contribution >= 0.6 is 7.82 Å². The third kappa shape index (κ3) is 33.3. The van der Waals surface area contributed by atoms with E-state index in [2.05, 4.69) is 6.92 Å². The lowest BCUT2D eigenvalue weighted by atomic mass is 9.85. The maximum absolute atomic E-state index is 12.5. The molecule has 0 aromatic carbocycles. The topological polar surface area (TPSA) is 210 Å². The zero-order chi connectivity index (χ0) is 47.1. The van der Waals surface area contributed by atoms with Crippen LogP contribution in [0.4, 0.5) is 0 Å². The Morgan fingerprint density at radius 2 is 0.734 bits per heavy atom. The predicted molar refractivity (Wildman–Crippen MR) is 254 cm³/mol. The van der Waals surface area contributed by atoms with Crippen LogP contribution in [0.3, 0.4) is 0 Å². The van der Waals surface area contributed by atoms with E-state index >= 15 is 0 Å². The first-order valence-electron chi connectivity index (χ1n) is 26.3. The molecule has 1 aliphatic carbocycles. The Bertz CT molecular complexity index is 1130. The third-order valence-electron chi connectivity index (χ3n) is 12.7. The summed E-state index contributed by atoms with van der Waals surface area (Å²) in [7, 11) is -5.07. The van der Waals surface area contributed by atoms with Gasteiger partial charge in [-0.1, -0.05) is 232 Å². The van der Waals surface area contributed by atoms with E-state index in [0.717, 1.165) is 26.2 Å². The van der Waals surface area contributed by atoms with Crippen LogP contribution in [0, 0.1) is 0 Å². The summed E-state index contributed by atoms with van der Waals surface area (Å²) in [5.74, 6) is -1.28. The Labute approximate surface area is 389 Å². The van der Waals surface area contributed by atoms with Crippen molar-refractivity contribution in [1.29, 1.82) is 0 Å². The lowest BCUT2D eigenvalue weighted by Crippen LogP contribution is -2.64. The van der Waals surface area contributed by atoms with E-state index in [9.17, 15) is 44.6 Å². The molecule has 0 amide bonds. The fraction of sp³-hybridized carbons (Fsp3) is 0.960. The lowest BCUT2D eigenvalue weighted by molar-refractivity contribution is -0.220. The average Bonchev–Trinajstić information content (AvgIpc) is 3.27. The minimum atomic E-state index is -5.07. The smallest absolute Gasteiger partial charge is 0.462 e. The average molecular weight is 937 g/mol. The second-order valence-corrected chi connectivity index (χ2v) is 20.2. The van der Waals surface area contributed by atoms with Crippen molar-refractivity contribution in [3.63, 3.8) is 0 Å². The van der Waals surface area contributed by atoms with Crippen LogP contribution in [0.1, 0.15) is 251 Å². The summed E-state index contributed by atoms with van der Waals surface area (Å²) in [5, 5.41) is 49.4. The Morgan fingerprint density at radius 3 is 1.03 bits per heavy atom. The van der Waals surface area contributed by atoms with Gasteiger partial charge in [0.2, 0.25) is 0 Å². The Kier molecular flexibility index (Phi) is 38.9. The number of carbonyl (C=O) groups is 2. The summed E-state index contributed by atoms with van der Waals surface area (Å²) in [6.45, 7) is 2.20. The Hall–Kier alpha value is -1.15. The van der Waals surface area contributed by atoms with Crippen molar-refractivity contribution in [2.75, 3.05) is 13.2 Å². The molecule has 1 saturated carbocycles. The molecule has 0 heterocycles. The van der Waals surface area contributed by atoms with Crippen molar-refractivity contribution in [1.82, 2.24) is 0 Å². The van der Waals surface area contributed by atoms with Crippen LogP contribution in [-0.4, -0.2) is 98.3 Å². The van der Waals surface area contributed by atoms with Gasteiger partial charge < -0.3 is 39.9 Å². The Balaban J connectivity index is 1.87. The fourth-order valence-electron chi connectivity index (χ4n) is 8.64. The summed E-state index contributed by atoms with van der Waals surface area (Å²) in [4.78, 5) is 33.9. The quantitative estimate of drug-likeness (QED) is 0.0191. The molecule has 64 heavy (non-hydrogen) atoms. The second-order valence-electron chi connectivity index (χ2n) is 18.8. The van der Waals surface area contributed by atoms with Gasteiger partial charge in [-0.15, -0.1) is 0 Å². The van der Waals surface area contributed by atoms with Crippen LogP contribution in [0.2, 0.25) is 0 Å². The molecule has 1 rings (SSSR count). The van der Waals surface area contributed by atoms with Crippen LogP contribution in [0.5, 0.6) is 0 Å². The summed E-state index contributed by atoms with van der Waals surface area (Å²) in [5.41, 5.74) is 0. The molecule has 0 aromatic rings. The zero-order valence-corrected chi connectivity index (χ0v) is 41.5. The summed E-state index contributed by atoms with van der Waals surface area (Å²) in [6, 6.07) is 0. The number of unbranched alkanes of at least 4 members (excludes halogenated alkanes) is 35. The van der Waals surface area contributed by atoms with Gasteiger partial charge in [0.05, 0.1) is 6.61 Å². The Morgan fingerprint density at radius 1 is 0.453 bits per heavy atom. The molecule has 13 nitrogen and oxygen atoms in total. The molecular formula is C50H97O13P. The standard InChI is InChI=1S/C50H97O13P/c1-3-4-5-6-7-8-9-10-11-12-13-14-15-16-17-18-19-20-21-22-23-24-25-26-27-28-29-30-31-32-33-34-35-36-37-38-39-44(52)60-40-43(62-42(2)51)41-61-64(58,59)63-50-48(56)46(54)45(53)47(55)49(50)57/h43,45-50,53-57H,3-41H2,1-2H3,(H,58,59)/t43-,45?,46-,47?,48?,49?,50?/m1/s1. The van der Waals surface area contributed by atoms with Gasteiger partial charge in [-0.25, -0.2) is 4.57 Å². The predicted octanol–water partition coefficient (Wildman–Crippen LogP) is 11.2. The van der Waals surface area contributed by atoms with Gasteiger partial charge in [-0.3, -0.25) is 18.6 Å². The van der Waals surface area contributed by atoms with E-state index in [1.165, 1.54) is 205 Å². The number of esters is 2. The van der Waals surface area contributed by atoms with Gasteiger partial charge in [-0.2, -0.15) is 0 Å². The summed E-state index contributed by atoms with van der Waals surface area (Å²) >= 11 is 0.